The van der Waals surface area contributed by atoms with E-state index in [1.54, 1.807) is 36.9 Å². The Morgan fingerprint density at radius 2 is 2.12 bits per heavy atom. The van der Waals surface area contributed by atoms with Crippen LogP contribution in [0.1, 0.15) is 56.3 Å². The molecule has 41 heavy (non-hydrogen) atoms. The SMILES string of the molecule is CC(C)(Cc1csc([C@]2(C)C(=O)Nc3nc(-c4nn(CC5CCCCO5)c5cc(F)ccc45)nc(N)c32)n1)C(=O)O. The standard InChI is InChI=1S/C28H30FN7O4S/c1-27(2,26(38)39)11-15-13-41-25(31-15)28(3)19-21(30)32-23(33-22(19)34-24(28)37)20-17-8-7-14(29)10-18(17)36(35-20)12-16-6-4-5-9-40-16/h7-8,10,13,16H,4-6,9,11-12H2,1-3H3,(H,38,39)(H3,30,32,33,34,37)/t16?,28-/m0/s1. The lowest BCUT2D eigenvalue weighted by molar-refractivity contribution is -0.146. The summed E-state index contributed by atoms with van der Waals surface area (Å²) in [5.41, 5.74) is 6.19. The second kappa shape index (κ2) is 9.84. The lowest BCUT2D eigenvalue weighted by Gasteiger charge is -2.22. The third-order valence-electron chi connectivity index (χ3n) is 7.88. The highest BCUT2D eigenvalue weighted by Gasteiger charge is 2.50. The predicted molar refractivity (Wildman–Crippen MR) is 151 cm³/mol. The Balaban J connectivity index is 1.39. The van der Waals surface area contributed by atoms with E-state index in [2.05, 4.69) is 20.3 Å². The summed E-state index contributed by atoms with van der Waals surface area (Å²) in [6, 6.07) is 4.42. The van der Waals surface area contributed by atoms with Crippen LogP contribution in [0, 0.1) is 11.2 Å². The van der Waals surface area contributed by atoms with Crippen LogP contribution in [0.4, 0.5) is 16.0 Å². The van der Waals surface area contributed by atoms with Crippen molar-refractivity contribution in [1.82, 2.24) is 24.7 Å². The summed E-state index contributed by atoms with van der Waals surface area (Å²) in [5.74, 6) is -1.14. The minimum atomic E-state index is -1.27. The van der Waals surface area contributed by atoms with Crippen LogP contribution in [0.2, 0.25) is 0 Å². The number of carboxylic acid groups (broad SMARTS) is 1. The molecule has 1 amide bonds. The van der Waals surface area contributed by atoms with E-state index in [9.17, 15) is 19.1 Å². The second-order valence-electron chi connectivity index (χ2n) is 11.4. The molecule has 1 fully saturated rings. The molecular formula is C28H30FN7O4S. The number of benzene rings is 1. The lowest BCUT2D eigenvalue weighted by atomic mass is 9.85. The smallest absolute Gasteiger partial charge is 0.309 e. The van der Waals surface area contributed by atoms with Gasteiger partial charge in [-0.1, -0.05) is 0 Å². The van der Waals surface area contributed by atoms with Gasteiger partial charge in [-0.25, -0.2) is 19.3 Å². The fourth-order valence-electron chi connectivity index (χ4n) is 5.46. The molecular weight excluding hydrogens is 549 g/mol. The molecule has 1 unspecified atom stereocenters. The topological polar surface area (TPSA) is 158 Å². The quantitative estimate of drug-likeness (QED) is 0.292. The number of nitrogens with two attached hydrogens (primary N) is 1. The highest BCUT2D eigenvalue weighted by Crippen LogP contribution is 2.46. The predicted octanol–water partition coefficient (Wildman–Crippen LogP) is 4.15. The molecule has 4 N–H and O–H groups in total. The second-order valence-corrected chi connectivity index (χ2v) is 12.3. The van der Waals surface area contributed by atoms with Gasteiger partial charge >= 0.3 is 5.97 Å². The molecule has 0 bridgehead atoms. The maximum Gasteiger partial charge on any atom is 0.309 e. The normalized spacial score (nSPS) is 20.8. The Morgan fingerprint density at radius 1 is 1.32 bits per heavy atom. The first-order valence-corrected chi connectivity index (χ1v) is 14.3. The number of carbonyl (C=O) groups excluding carboxylic acids is 1. The van der Waals surface area contributed by atoms with Crippen molar-refractivity contribution in [1.29, 1.82) is 0 Å². The third-order valence-corrected chi connectivity index (χ3v) is 8.99. The van der Waals surface area contributed by atoms with Crippen molar-refractivity contribution in [2.75, 3.05) is 17.7 Å². The minimum Gasteiger partial charge on any atom is -0.481 e. The van der Waals surface area contributed by atoms with E-state index in [0.717, 1.165) is 19.3 Å². The van der Waals surface area contributed by atoms with Gasteiger partial charge in [-0.05, 0) is 58.2 Å². The van der Waals surface area contributed by atoms with Gasteiger partial charge in [0.2, 0.25) is 5.91 Å². The summed E-state index contributed by atoms with van der Waals surface area (Å²) < 4.78 is 21.9. The molecule has 0 spiro atoms. The number of amides is 1. The number of carbonyl (C=O) groups is 2. The summed E-state index contributed by atoms with van der Waals surface area (Å²) in [5, 5.41) is 20.0. The molecule has 11 nitrogen and oxygen atoms in total. The molecule has 2 aliphatic heterocycles. The third kappa shape index (κ3) is 4.62. The Bertz CT molecular complexity index is 1690. The van der Waals surface area contributed by atoms with Crippen molar-refractivity contribution in [2.24, 2.45) is 5.41 Å². The van der Waals surface area contributed by atoms with Crippen molar-refractivity contribution in [3.8, 4) is 11.5 Å². The van der Waals surface area contributed by atoms with Crippen molar-refractivity contribution in [2.45, 2.75) is 64.5 Å². The van der Waals surface area contributed by atoms with Crippen LogP contribution in [0.3, 0.4) is 0 Å². The zero-order valence-corrected chi connectivity index (χ0v) is 23.7. The Morgan fingerprint density at radius 3 is 2.85 bits per heavy atom. The number of halogens is 1. The van der Waals surface area contributed by atoms with Gasteiger partial charge < -0.3 is 20.9 Å². The van der Waals surface area contributed by atoms with Crippen molar-refractivity contribution >= 4 is 45.8 Å². The number of hydrogen-bond acceptors (Lipinski definition) is 9. The number of hydrogen-bond donors (Lipinski definition) is 3. The molecule has 2 atom stereocenters. The Hall–Kier alpha value is -3.97. The Kier molecular flexibility index (Phi) is 6.53. The van der Waals surface area contributed by atoms with Gasteiger partial charge in [0.15, 0.2) is 5.82 Å². The average Bonchev–Trinajstić information content (AvgIpc) is 3.60. The maximum absolute atomic E-state index is 14.3. The van der Waals surface area contributed by atoms with Gasteiger partial charge in [0.05, 0.1) is 34.8 Å². The number of nitrogens with zero attached hydrogens (tertiary/aromatic N) is 5. The highest BCUT2D eigenvalue weighted by molar-refractivity contribution is 7.10. The van der Waals surface area contributed by atoms with Gasteiger partial charge in [-0.3, -0.25) is 14.3 Å². The molecule has 0 aliphatic carbocycles. The van der Waals surface area contributed by atoms with E-state index >= 15 is 0 Å². The first-order valence-electron chi connectivity index (χ1n) is 13.4. The first-order chi connectivity index (χ1) is 19.5. The van der Waals surface area contributed by atoms with Gasteiger partial charge in [0.25, 0.3) is 0 Å². The van der Waals surface area contributed by atoms with Crippen molar-refractivity contribution < 1.29 is 23.8 Å². The summed E-state index contributed by atoms with van der Waals surface area (Å²) in [6.07, 6.45) is 3.15. The number of aliphatic carboxylic acids is 1. The van der Waals surface area contributed by atoms with Crippen LogP contribution in [-0.4, -0.2) is 54.4 Å². The van der Waals surface area contributed by atoms with E-state index in [-0.39, 0.29) is 41.7 Å². The van der Waals surface area contributed by atoms with E-state index in [4.69, 9.17) is 15.6 Å². The summed E-state index contributed by atoms with van der Waals surface area (Å²) in [6.45, 7) is 6.10. The van der Waals surface area contributed by atoms with Crippen molar-refractivity contribution in [3.63, 3.8) is 0 Å². The molecule has 2 aliphatic rings. The monoisotopic (exact) mass is 579 g/mol. The summed E-state index contributed by atoms with van der Waals surface area (Å²) in [4.78, 5) is 38.9. The molecule has 6 rings (SSSR count). The molecule has 1 aromatic carbocycles. The number of anilines is 2. The largest absolute Gasteiger partial charge is 0.481 e. The number of rotatable bonds is 7. The minimum absolute atomic E-state index is 0.0294. The number of carboxylic acids is 1. The summed E-state index contributed by atoms with van der Waals surface area (Å²) >= 11 is 1.26. The lowest BCUT2D eigenvalue weighted by Crippen LogP contribution is -2.33. The fraction of sp³-hybridized carbons (Fsp3) is 0.429. The van der Waals surface area contributed by atoms with Crippen LogP contribution in [0.5, 0.6) is 0 Å². The molecule has 214 valence electrons. The van der Waals surface area contributed by atoms with E-state index in [0.29, 0.717) is 46.0 Å². The number of nitrogens with one attached hydrogen (secondary N) is 1. The maximum atomic E-state index is 14.3. The van der Waals surface area contributed by atoms with Crippen LogP contribution < -0.4 is 11.1 Å². The molecule has 3 aromatic heterocycles. The number of ether oxygens (including phenoxy) is 1. The number of thiazole rings is 1. The van der Waals surface area contributed by atoms with Gasteiger partial charge in [0, 0.05) is 23.8 Å². The van der Waals surface area contributed by atoms with E-state index < -0.39 is 16.8 Å². The molecule has 0 saturated carbocycles. The Labute approximate surface area is 239 Å². The van der Waals surface area contributed by atoms with Crippen LogP contribution in [0.15, 0.2) is 23.6 Å². The molecule has 1 saturated heterocycles. The first kappa shape index (κ1) is 27.2. The zero-order valence-electron chi connectivity index (χ0n) is 22.9. The van der Waals surface area contributed by atoms with Crippen LogP contribution in [0.25, 0.3) is 22.4 Å². The van der Waals surface area contributed by atoms with Crippen LogP contribution >= 0.6 is 11.3 Å². The van der Waals surface area contributed by atoms with Gasteiger partial charge in [-0.2, -0.15) is 5.10 Å². The number of aromatic nitrogens is 5. The zero-order chi connectivity index (χ0) is 29.1. The fourth-order valence-corrected chi connectivity index (χ4v) is 6.44. The molecule has 5 heterocycles. The van der Waals surface area contributed by atoms with Gasteiger partial charge in [-0.15, -0.1) is 11.3 Å². The molecule has 13 heteroatoms. The van der Waals surface area contributed by atoms with Gasteiger partial charge in [0.1, 0.15) is 33.6 Å². The number of nitrogen functional groups attached to an aromatic ring is 1. The molecule has 4 aromatic rings. The highest BCUT2D eigenvalue weighted by atomic mass is 32.1. The van der Waals surface area contributed by atoms with Crippen molar-refractivity contribution in [3.05, 3.63) is 45.7 Å². The average molecular weight is 580 g/mol. The van der Waals surface area contributed by atoms with Crippen LogP contribution in [-0.2, 0) is 32.7 Å². The van der Waals surface area contributed by atoms with E-state index in [1.165, 1.54) is 23.5 Å². The molecule has 0 radical (unpaired) electrons. The van der Waals surface area contributed by atoms with E-state index in [1.807, 2.05) is 0 Å². The number of fused-ring (bicyclic) bond motifs is 2. The summed E-state index contributed by atoms with van der Waals surface area (Å²) in [7, 11) is 0.